The summed E-state index contributed by atoms with van der Waals surface area (Å²) in [4.78, 5) is 16.1. The van der Waals surface area contributed by atoms with Crippen molar-refractivity contribution in [2.45, 2.75) is 51.9 Å². The van der Waals surface area contributed by atoms with E-state index in [-0.39, 0.29) is 5.41 Å². The second kappa shape index (κ2) is 8.04. The molecule has 162 valence electrons. The van der Waals surface area contributed by atoms with Crippen LogP contribution in [0, 0.1) is 0 Å². The largest absolute Gasteiger partial charge is 0.416 e. The Labute approximate surface area is 180 Å². The van der Waals surface area contributed by atoms with E-state index in [2.05, 4.69) is 35.6 Å². The van der Waals surface area contributed by atoms with Crippen molar-refractivity contribution >= 4 is 0 Å². The number of pyridine rings is 1. The number of halogens is 3. The number of benzene rings is 1. The van der Waals surface area contributed by atoms with Crippen LogP contribution in [0.15, 0.2) is 48.8 Å². The zero-order chi connectivity index (χ0) is 22.2. The molecule has 1 aliphatic heterocycles. The van der Waals surface area contributed by atoms with Gasteiger partial charge in [0.05, 0.1) is 11.3 Å². The van der Waals surface area contributed by atoms with Gasteiger partial charge < -0.3 is 0 Å². The molecule has 1 aliphatic rings. The molecule has 0 N–H and O–H groups in total. The fourth-order valence-electron chi connectivity index (χ4n) is 3.65. The lowest BCUT2D eigenvalue weighted by Gasteiger charge is -2.29. The Balaban J connectivity index is 1.42. The molecular formula is C24H25F3N4. The molecule has 0 unspecified atom stereocenters. The summed E-state index contributed by atoms with van der Waals surface area (Å²) in [6.07, 6.45) is 0.295. The van der Waals surface area contributed by atoms with Crippen molar-refractivity contribution in [1.82, 2.24) is 19.9 Å². The van der Waals surface area contributed by atoms with E-state index in [9.17, 15) is 13.2 Å². The van der Waals surface area contributed by atoms with Gasteiger partial charge in [-0.2, -0.15) is 13.2 Å². The van der Waals surface area contributed by atoms with Crippen LogP contribution in [0.3, 0.4) is 0 Å². The molecule has 7 heteroatoms. The number of hydrogen-bond donors (Lipinski definition) is 0. The van der Waals surface area contributed by atoms with E-state index < -0.39 is 11.7 Å². The Kier molecular flexibility index (Phi) is 5.56. The molecule has 4 rings (SSSR count). The van der Waals surface area contributed by atoms with Gasteiger partial charge in [0.25, 0.3) is 0 Å². The minimum absolute atomic E-state index is 0.0629. The average Bonchev–Trinajstić information content (AvgIpc) is 2.73. The minimum atomic E-state index is -4.33. The van der Waals surface area contributed by atoms with Crippen molar-refractivity contribution in [3.05, 3.63) is 77.0 Å². The summed E-state index contributed by atoms with van der Waals surface area (Å²) in [6, 6.07) is 8.92. The number of rotatable bonds is 3. The zero-order valence-electron chi connectivity index (χ0n) is 17.9. The molecule has 31 heavy (non-hydrogen) atoms. The number of alkyl halides is 3. The standard InChI is InChI=1S/C24H25F3N4/c1-23(2,3)22-29-13-18-15-31(11-10-21(18)30-22)14-16-4-9-20(28-12-16)17-5-7-19(8-6-17)24(25,26)27/h4-9,12-13H,10-11,14-15H2,1-3H3. The van der Waals surface area contributed by atoms with Crippen molar-refractivity contribution in [3.63, 3.8) is 0 Å². The van der Waals surface area contributed by atoms with Crippen LogP contribution in [0.5, 0.6) is 0 Å². The van der Waals surface area contributed by atoms with Crippen LogP contribution in [0.2, 0.25) is 0 Å². The van der Waals surface area contributed by atoms with Crippen molar-refractivity contribution in [3.8, 4) is 11.3 Å². The van der Waals surface area contributed by atoms with Crippen LogP contribution in [-0.4, -0.2) is 26.4 Å². The summed E-state index contributed by atoms with van der Waals surface area (Å²) in [5.74, 6) is 0.878. The Hall–Kier alpha value is -2.80. The monoisotopic (exact) mass is 426 g/mol. The van der Waals surface area contributed by atoms with Crippen LogP contribution in [0.1, 0.15) is 49.0 Å². The fourth-order valence-corrected chi connectivity index (χ4v) is 3.65. The highest BCUT2D eigenvalue weighted by atomic mass is 19.4. The number of hydrogen-bond acceptors (Lipinski definition) is 4. The maximum Gasteiger partial charge on any atom is 0.416 e. The SMILES string of the molecule is CC(C)(C)c1ncc2c(n1)CCN(Cc1ccc(-c3ccc(C(F)(F)F)cc3)nc1)C2. The summed E-state index contributed by atoms with van der Waals surface area (Å²) in [5.41, 5.74) is 3.96. The Morgan fingerprint density at radius 2 is 1.68 bits per heavy atom. The Morgan fingerprint density at radius 3 is 2.29 bits per heavy atom. The van der Waals surface area contributed by atoms with Crippen molar-refractivity contribution < 1.29 is 13.2 Å². The molecule has 0 aliphatic carbocycles. The third-order valence-electron chi connectivity index (χ3n) is 5.42. The van der Waals surface area contributed by atoms with E-state index in [0.29, 0.717) is 11.3 Å². The van der Waals surface area contributed by atoms with Gasteiger partial charge >= 0.3 is 6.18 Å². The van der Waals surface area contributed by atoms with E-state index in [1.807, 2.05) is 18.3 Å². The van der Waals surface area contributed by atoms with Gasteiger partial charge in [0.2, 0.25) is 0 Å². The molecule has 4 nitrogen and oxygen atoms in total. The molecule has 0 radical (unpaired) electrons. The molecule has 0 amide bonds. The van der Waals surface area contributed by atoms with Crippen LogP contribution < -0.4 is 0 Å². The second-order valence-corrected chi connectivity index (χ2v) is 9.00. The first-order chi connectivity index (χ1) is 14.6. The van der Waals surface area contributed by atoms with Crippen molar-refractivity contribution in [2.75, 3.05) is 6.54 Å². The summed E-state index contributed by atoms with van der Waals surface area (Å²) in [6.45, 7) is 8.80. The molecule has 2 aromatic heterocycles. The highest BCUT2D eigenvalue weighted by Crippen LogP contribution is 2.30. The molecule has 0 saturated carbocycles. The number of nitrogens with zero attached hydrogens (tertiary/aromatic N) is 4. The van der Waals surface area contributed by atoms with Gasteiger partial charge in [-0.25, -0.2) is 9.97 Å². The van der Waals surface area contributed by atoms with Crippen LogP contribution in [-0.2, 0) is 31.1 Å². The molecule has 0 atom stereocenters. The van der Waals surface area contributed by atoms with Gasteiger partial charge in [-0.1, -0.05) is 39.0 Å². The van der Waals surface area contributed by atoms with Gasteiger partial charge in [0.15, 0.2) is 0 Å². The molecular weight excluding hydrogens is 401 g/mol. The van der Waals surface area contributed by atoms with Gasteiger partial charge in [-0.3, -0.25) is 9.88 Å². The molecule has 0 bridgehead atoms. The Morgan fingerprint density at radius 1 is 0.935 bits per heavy atom. The fraction of sp³-hybridized carbons (Fsp3) is 0.375. The van der Waals surface area contributed by atoms with Crippen molar-refractivity contribution in [2.24, 2.45) is 0 Å². The molecule has 1 aromatic carbocycles. The topological polar surface area (TPSA) is 41.9 Å². The number of fused-ring (bicyclic) bond motifs is 1. The van der Waals surface area contributed by atoms with E-state index in [1.54, 1.807) is 6.20 Å². The first-order valence-corrected chi connectivity index (χ1v) is 10.3. The zero-order valence-corrected chi connectivity index (χ0v) is 17.9. The lowest BCUT2D eigenvalue weighted by atomic mass is 9.95. The van der Waals surface area contributed by atoms with Crippen molar-refractivity contribution in [1.29, 1.82) is 0 Å². The molecule has 0 spiro atoms. The first-order valence-electron chi connectivity index (χ1n) is 10.3. The van der Waals surface area contributed by atoms with E-state index in [0.717, 1.165) is 60.8 Å². The highest BCUT2D eigenvalue weighted by Gasteiger charge is 2.30. The molecule has 3 aromatic rings. The van der Waals surface area contributed by atoms with Crippen LogP contribution in [0.25, 0.3) is 11.3 Å². The Bertz CT molecular complexity index is 1050. The van der Waals surface area contributed by atoms with Gasteiger partial charge in [-0.05, 0) is 23.8 Å². The predicted molar refractivity (Wildman–Crippen MR) is 113 cm³/mol. The molecule has 0 saturated heterocycles. The van der Waals surface area contributed by atoms with Crippen LogP contribution in [0.4, 0.5) is 13.2 Å². The smallest absolute Gasteiger partial charge is 0.294 e. The third kappa shape index (κ3) is 4.93. The maximum absolute atomic E-state index is 12.7. The normalized spacial score (nSPS) is 15.0. The summed E-state index contributed by atoms with van der Waals surface area (Å²) < 4.78 is 38.2. The second-order valence-electron chi connectivity index (χ2n) is 9.00. The van der Waals surface area contributed by atoms with E-state index in [1.165, 1.54) is 12.1 Å². The first kappa shape index (κ1) is 21.4. The lowest BCUT2D eigenvalue weighted by molar-refractivity contribution is -0.137. The summed E-state index contributed by atoms with van der Waals surface area (Å²) in [5, 5.41) is 0. The lowest BCUT2D eigenvalue weighted by Crippen LogP contribution is -2.32. The highest BCUT2D eigenvalue weighted by molar-refractivity contribution is 5.59. The molecule has 0 fully saturated rings. The molecule has 3 heterocycles. The summed E-state index contributed by atoms with van der Waals surface area (Å²) >= 11 is 0. The van der Waals surface area contributed by atoms with E-state index in [4.69, 9.17) is 4.98 Å². The number of aromatic nitrogens is 3. The average molecular weight is 426 g/mol. The minimum Gasteiger partial charge on any atom is -0.294 e. The van der Waals surface area contributed by atoms with E-state index >= 15 is 0 Å². The quantitative estimate of drug-likeness (QED) is 0.561. The predicted octanol–water partition coefficient (Wildman–Crippen LogP) is 5.41. The van der Waals surface area contributed by atoms with Gasteiger partial charge in [0.1, 0.15) is 5.82 Å². The summed E-state index contributed by atoms with van der Waals surface area (Å²) in [7, 11) is 0. The van der Waals surface area contributed by atoms with Gasteiger partial charge in [0, 0.05) is 60.7 Å². The maximum atomic E-state index is 12.7. The third-order valence-corrected chi connectivity index (χ3v) is 5.42. The van der Waals surface area contributed by atoms with Gasteiger partial charge in [-0.15, -0.1) is 0 Å². The van der Waals surface area contributed by atoms with Crippen LogP contribution >= 0.6 is 0 Å².